The van der Waals surface area contributed by atoms with Crippen LogP contribution in [-0.4, -0.2) is 41.6 Å². The number of rotatable bonds is 10. The van der Waals surface area contributed by atoms with E-state index in [-0.39, 0.29) is 17.6 Å². The summed E-state index contributed by atoms with van der Waals surface area (Å²) in [4.78, 5) is 25.5. The summed E-state index contributed by atoms with van der Waals surface area (Å²) in [5, 5.41) is 14.7. The molecule has 0 bridgehead atoms. The van der Waals surface area contributed by atoms with Crippen LogP contribution in [0.2, 0.25) is 0 Å². The van der Waals surface area contributed by atoms with Crippen molar-refractivity contribution in [3.05, 3.63) is 70.8 Å². The number of carboxylic acid groups (broad SMARTS) is 1. The SMILES string of the molecule is CCc1ccc(C(CNC(=O)NCc2ccc(C(=O)O)cc2)N(CC)CC)cc1. The highest BCUT2D eigenvalue weighted by atomic mass is 16.4. The number of benzene rings is 2. The monoisotopic (exact) mass is 397 g/mol. The summed E-state index contributed by atoms with van der Waals surface area (Å²) in [5.41, 5.74) is 3.57. The van der Waals surface area contributed by atoms with E-state index < -0.39 is 5.97 Å². The predicted octanol–water partition coefficient (Wildman–Crippen LogP) is 3.83. The molecule has 6 nitrogen and oxygen atoms in total. The molecule has 6 heteroatoms. The fraction of sp³-hybridized carbons (Fsp3) is 0.391. The molecule has 156 valence electrons. The fourth-order valence-electron chi connectivity index (χ4n) is 3.30. The number of carbonyl (C=O) groups is 2. The molecule has 0 heterocycles. The Labute approximate surface area is 172 Å². The molecule has 29 heavy (non-hydrogen) atoms. The zero-order chi connectivity index (χ0) is 21.2. The lowest BCUT2D eigenvalue weighted by molar-refractivity contribution is 0.0697. The molecule has 2 aromatic rings. The molecular formula is C23H31N3O3. The first-order valence-electron chi connectivity index (χ1n) is 10.1. The van der Waals surface area contributed by atoms with E-state index >= 15 is 0 Å². The molecular weight excluding hydrogens is 366 g/mol. The molecule has 0 aliphatic rings. The number of urea groups is 1. The molecule has 0 fully saturated rings. The number of hydrogen-bond donors (Lipinski definition) is 3. The van der Waals surface area contributed by atoms with Crippen LogP contribution in [0, 0.1) is 0 Å². The van der Waals surface area contributed by atoms with Crippen molar-refractivity contribution in [2.75, 3.05) is 19.6 Å². The Bertz CT molecular complexity index is 784. The van der Waals surface area contributed by atoms with Crippen LogP contribution in [0.4, 0.5) is 4.79 Å². The van der Waals surface area contributed by atoms with Gasteiger partial charge >= 0.3 is 12.0 Å². The molecule has 0 aliphatic heterocycles. The largest absolute Gasteiger partial charge is 0.478 e. The zero-order valence-corrected chi connectivity index (χ0v) is 17.4. The predicted molar refractivity (Wildman–Crippen MR) is 115 cm³/mol. The van der Waals surface area contributed by atoms with Crippen LogP contribution < -0.4 is 10.6 Å². The second kappa shape index (κ2) is 11.2. The van der Waals surface area contributed by atoms with E-state index in [9.17, 15) is 9.59 Å². The second-order valence-electron chi connectivity index (χ2n) is 6.90. The van der Waals surface area contributed by atoms with Gasteiger partial charge in [-0.15, -0.1) is 0 Å². The summed E-state index contributed by atoms with van der Waals surface area (Å²) in [7, 11) is 0. The fourth-order valence-corrected chi connectivity index (χ4v) is 3.30. The third-order valence-corrected chi connectivity index (χ3v) is 5.14. The molecule has 0 spiro atoms. The van der Waals surface area contributed by atoms with Gasteiger partial charge in [-0.25, -0.2) is 9.59 Å². The highest BCUT2D eigenvalue weighted by Crippen LogP contribution is 2.20. The Morgan fingerprint density at radius 1 is 0.897 bits per heavy atom. The lowest BCUT2D eigenvalue weighted by atomic mass is 10.0. The maximum Gasteiger partial charge on any atom is 0.335 e. The van der Waals surface area contributed by atoms with Crippen molar-refractivity contribution in [1.82, 2.24) is 15.5 Å². The van der Waals surface area contributed by atoms with E-state index in [1.54, 1.807) is 12.1 Å². The van der Waals surface area contributed by atoms with Crippen LogP contribution in [0.15, 0.2) is 48.5 Å². The van der Waals surface area contributed by atoms with Crippen LogP contribution in [-0.2, 0) is 13.0 Å². The van der Waals surface area contributed by atoms with Crippen molar-refractivity contribution >= 4 is 12.0 Å². The number of nitrogens with zero attached hydrogens (tertiary/aromatic N) is 1. The van der Waals surface area contributed by atoms with Gasteiger partial charge in [-0.1, -0.05) is 57.2 Å². The van der Waals surface area contributed by atoms with Gasteiger partial charge < -0.3 is 15.7 Å². The van der Waals surface area contributed by atoms with Crippen LogP contribution in [0.25, 0.3) is 0 Å². The van der Waals surface area contributed by atoms with Crippen molar-refractivity contribution in [3.8, 4) is 0 Å². The molecule has 0 aliphatic carbocycles. The van der Waals surface area contributed by atoms with Crippen LogP contribution in [0.3, 0.4) is 0 Å². The summed E-state index contributed by atoms with van der Waals surface area (Å²) in [6.45, 7) is 9.03. The molecule has 0 radical (unpaired) electrons. The Hall–Kier alpha value is -2.86. The minimum absolute atomic E-state index is 0.108. The summed E-state index contributed by atoms with van der Waals surface area (Å²) >= 11 is 0. The number of nitrogens with one attached hydrogen (secondary N) is 2. The number of carbonyl (C=O) groups excluding carboxylic acids is 1. The van der Waals surface area contributed by atoms with Gasteiger partial charge in [-0.3, -0.25) is 4.90 Å². The minimum atomic E-state index is -0.961. The normalized spacial score (nSPS) is 11.9. The summed E-state index contributed by atoms with van der Waals surface area (Å²) in [6.07, 6.45) is 1.00. The van der Waals surface area contributed by atoms with E-state index in [2.05, 4.69) is 60.6 Å². The number of carboxylic acids is 1. The Morgan fingerprint density at radius 2 is 1.48 bits per heavy atom. The average molecular weight is 398 g/mol. The number of amides is 2. The van der Waals surface area contributed by atoms with Gasteiger partial charge in [0.1, 0.15) is 0 Å². The Balaban J connectivity index is 1.94. The summed E-state index contributed by atoms with van der Waals surface area (Å²) in [5.74, 6) is -0.961. The number of hydrogen-bond acceptors (Lipinski definition) is 3. The Morgan fingerprint density at radius 3 is 2.00 bits per heavy atom. The third kappa shape index (κ3) is 6.61. The van der Waals surface area contributed by atoms with E-state index in [0.29, 0.717) is 13.1 Å². The van der Waals surface area contributed by atoms with Crippen molar-refractivity contribution in [2.45, 2.75) is 39.8 Å². The maximum absolute atomic E-state index is 12.3. The van der Waals surface area contributed by atoms with Crippen LogP contribution in [0.1, 0.15) is 53.9 Å². The molecule has 2 amide bonds. The topological polar surface area (TPSA) is 81.7 Å². The van der Waals surface area contributed by atoms with Gasteiger partial charge in [-0.2, -0.15) is 0 Å². The molecule has 2 rings (SSSR count). The molecule has 0 aromatic heterocycles. The number of aryl methyl sites for hydroxylation is 1. The molecule has 2 aromatic carbocycles. The van der Waals surface area contributed by atoms with E-state index in [1.807, 2.05) is 0 Å². The maximum atomic E-state index is 12.3. The van der Waals surface area contributed by atoms with Gasteiger partial charge in [0.25, 0.3) is 0 Å². The summed E-state index contributed by atoms with van der Waals surface area (Å²) < 4.78 is 0. The first-order chi connectivity index (χ1) is 14.0. The first kappa shape index (κ1) is 22.4. The average Bonchev–Trinajstić information content (AvgIpc) is 2.75. The van der Waals surface area contributed by atoms with Crippen molar-refractivity contribution in [3.63, 3.8) is 0 Å². The quantitative estimate of drug-likeness (QED) is 0.569. The van der Waals surface area contributed by atoms with Crippen molar-refractivity contribution in [2.24, 2.45) is 0 Å². The van der Waals surface area contributed by atoms with Crippen LogP contribution >= 0.6 is 0 Å². The lowest BCUT2D eigenvalue weighted by Crippen LogP contribution is -2.42. The van der Waals surface area contributed by atoms with Gasteiger partial charge in [0.05, 0.1) is 11.6 Å². The van der Waals surface area contributed by atoms with E-state index in [4.69, 9.17) is 5.11 Å². The standard InChI is InChI=1S/C23H31N3O3/c1-4-17-7-11-19(12-8-17)21(26(5-2)6-3)16-25-23(29)24-15-18-9-13-20(14-10-18)22(27)28/h7-14,21H,4-6,15-16H2,1-3H3,(H,27,28)(H2,24,25,29). The van der Waals surface area contributed by atoms with Gasteiger partial charge in [-0.05, 0) is 48.3 Å². The molecule has 1 atom stereocenters. The minimum Gasteiger partial charge on any atom is -0.478 e. The molecule has 0 saturated carbocycles. The zero-order valence-electron chi connectivity index (χ0n) is 17.4. The van der Waals surface area contributed by atoms with Crippen molar-refractivity contribution < 1.29 is 14.7 Å². The number of aromatic carboxylic acids is 1. The Kier molecular flexibility index (Phi) is 8.68. The highest BCUT2D eigenvalue weighted by molar-refractivity contribution is 5.87. The van der Waals surface area contributed by atoms with E-state index in [0.717, 1.165) is 25.1 Å². The van der Waals surface area contributed by atoms with E-state index in [1.165, 1.54) is 23.3 Å². The summed E-state index contributed by atoms with van der Waals surface area (Å²) in [6, 6.07) is 14.9. The second-order valence-corrected chi connectivity index (χ2v) is 6.90. The smallest absolute Gasteiger partial charge is 0.335 e. The molecule has 0 saturated heterocycles. The van der Waals surface area contributed by atoms with Gasteiger partial charge in [0.2, 0.25) is 0 Å². The van der Waals surface area contributed by atoms with Gasteiger partial charge in [0.15, 0.2) is 0 Å². The molecule has 1 unspecified atom stereocenters. The molecule has 3 N–H and O–H groups in total. The van der Waals surface area contributed by atoms with Crippen LogP contribution in [0.5, 0.6) is 0 Å². The van der Waals surface area contributed by atoms with Gasteiger partial charge in [0, 0.05) is 13.1 Å². The third-order valence-electron chi connectivity index (χ3n) is 5.14. The highest BCUT2D eigenvalue weighted by Gasteiger charge is 2.18. The number of likely N-dealkylation sites (N-methyl/N-ethyl adjacent to an activating group) is 1. The van der Waals surface area contributed by atoms with Crippen molar-refractivity contribution in [1.29, 1.82) is 0 Å². The lowest BCUT2D eigenvalue weighted by Gasteiger charge is -2.30. The first-order valence-corrected chi connectivity index (χ1v) is 10.1.